The highest BCUT2D eigenvalue weighted by atomic mass is 16.1. The minimum Gasteiger partial charge on any atom is -0.317 e. The summed E-state index contributed by atoms with van der Waals surface area (Å²) < 4.78 is 0. The molecule has 0 fully saturated rings. The molecule has 18 heavy (non-hydrogen) atoms. The van der Waals surface area contributed by atoms with Crippen LogP contribution in [-0.4, -0.2) is 24.7 Å². The van der Waals surface area contributed by atoms with Gasteiger partial charge in [-0.05, 0) is 27.3 Å². The molecule has 1 unspecified atom stereocenters. The van der Waals surface area contributed by atoms with E-state index in [1.165, 1.54) is 0 Å². The van der Waals surface area contributed by atoms with Gasteiger partial charge in [0.1, 0.15) is 0 Å². The number of nitrogens with one attached hydrogen (secondary N) is 1. The fourth-order valence-corrected chi connectivity index (χ4v) is 2.21. The number of fused-ring (bicyclic) bond motifs is 1. The monoisotopic (exact) mass is 243 g/mol. The van der Waals surface area contributed by atoms with Crippen LogP contribution in [0.1, 0.15) is 41.0 Å². The lowest BCUT2D eigenvalue weighted by Gasteiger charge is -2.21. The second-order valence-corrected chi connectivity index (χ2v) is 4.70. The number of allylic oxidation sites excluding steroid dienone is 1. The molecule has 94 valence electrons. The number of Topliss-reactive ketones (excluding diaryl/α,β-unsaturated/α-hetero) is 2. The molecule has 1 atom stereocenters. The van der Waals surface area contributed by atoms with Gasteiger partial charge in [0, 0.05) is 28.3 Å². The van der Waals surface area contributed by atoms with E-state index in [0.29, 0.717) is 28.7 Å². The molecule has 1 N–H and O–H groups in total. The Hall–Kier alpha value is -1.74. The van der Waals surface area contributed by atoms with Gasteiger partial charge in [-0.15, -0.1) is 0 Å². The average Bonchev–Trinajstić information content (AvgIpc) is 2.40. The zero-order valence-electron chi connectivity index (χ0n) is 10.9. The number of hydrogen-bond acceptors (Lipinski definition) is 3. The van der Waals surface area contributed by atoms with Crippen LogP contribution in [0.5, 0.6) is 0 Å². The first-order valence-electron chi connectivity index (χ1n) is 6.11. The Balaban J connectivity index is 2.46. The number of carbonyl (C=O) groups excluding carboxylic acids is 2. The zero-order chi connectivity index (χ0) is 13.3. The molecule has 2 rings (SSSR count). The van der Waals surface area contributed by atoms with Crippen molar-refractivity contribution < 1.29 is 9.59 Å². The average molecular weight is 243 g/mol. The summed E-state index contributed by atoms with van der Waals surface area (Å²) in [4.78, 5) is 24.6. The number of benzene rings is 1. The minimum atomic E-state index is -0.0245. The fraction of sp³-hybridized carbons (Fsp3) is 0.333. The molecular weight excluding hydrogens is 226 g/mol. The third-order valence-electron chi connectivity index (χ3n) is 3.49. The highest BCUT2D eigenvalue weighted by Crippen LogP contribution is 2.28. The second kappa shape index (κ2) is 4.86. The van der Waals surface area contributed by atoms with E-state index in [1.54, 1.807) is 31.2 Å². The Morgan fingerprint density at radius 2 is 1.67 bits per heavy atom. The van der Waals surface area contributed by atoms with Crippen LogP contribution in [0.4, 0.5) is 0 Å². The third-order valence-corrected chi connectivity index (χ3v) is 3.49. The first-order chi connectivity index (χ1) is 8.56. The molecule has 1 aliphatic rings. The van der Waals surface area contributed by atoms with Crippen LogP contribution < -0.4 is 5.32 Å². The summed E-state index contributed by atoms with van der Waals surface area (Å²) >= 11 is 0. The highest BCUT2D eigenvalue weighted by molar-refractivity contribution is 6.26. The van der Waals surface area contributed by atoms with Crippen molar-refractivity contribution in [2.45, 2.75) is 26.3 Å². The van der Waals surface area contributed by atoms with Gasteiger partial charge in [0.25, 0.3) is 0 Å². The van der Waals surface area contributed by atoms with Crippen molar-refractivity contribution in [1.82, 2.24) is 5.32 Å². The quantitative estimate of drug-likeness (QED) is 0.886. The summed E-state index contributed by atoms with van der Waals surface area (Å²) in [6.07, 6.45) is 0.585. The Labute approximate surface area is 107 Å². The van der Waals surface area contributed by atoms with Crippen molar-refractivity contribution in [3.63, 3.8) is 0 Å². The summed E-state index contributed by atoms with van der Waals surface area (Å²) in [6.45, 7) is 3.74. The van der Waals surface area contributed by atoms with Gasteiger partial charge in [-0.1, -0.05) is 24.3 Å². The third kappa shape index (κ3) is 2.02. The van der Waals surface area contributed by atoms with E-state index in [9.17, 15) is 9.59 Å². The maximum Gasteiger partial charge on any atom is 0.190 e. The number of hydrogen-bond donors (Lipinski definition) is 1. The lowest BCUT2D eigenvalue weighted by molar-refractivity contribution is 0.0971. The standard InChI is InChI=1S/C15H17NO2/c1-9(16-3)8-13-10(2)14(17)11-6-4-5-7-12(11)15(13)18/h4-7,9,16H,8H2,1-3H3. The second-order valence-electron chi connectivity index (χ2n) is 4.70. The maximum absolute atomic E-state index is 12.4. The van der Waals surface area contributed by atoms with Crippen molar-refractivity contribution in [2.75, 3.05) is 7.05 Å². The lowest BCUT2D eigenvalue weighted by atomic mass is 9.82. The van der Waals surface area contributed by atoms with Crippen molar-refractivity contribution in [3.05, 3.63) is 46.5 Å². The van der Waals surface area contributed by atoms with E-state index in [-0.39, 0.29) is 17.6 Å². The van der Waals surface area contributed by atoms with E-state index < -0.39 is 0 Å². The van der Waals surface area contributed by atoms with Gasteiger partial charge in [-0.25, -0.2) is 0 Å². The topological polar surface area (TPSA) is 46.2 Å². The van der Waals surface area contributed by atoms with E-state index in [1.807, 2.05) is 14.0 Å². The van der Waals surface area contributed by atoms with E-state index in [0.717, 1.165) is 0 Å². The molecule has 3 nitrogen and oxygen atoms in total. The number of ketones is 2. The first kappa shape index (κ1) is 12.7. The van der Waals surface area contributed by atoms with Gasteiger partial charge < -0.3 is 5.32 Å². The van der Waals surface area contributed by atoms with Crippen molar-refractivity contribution >= 4 is 11.6 Å². The minimum absolute atomic E-state index is 0.00944. The maximum atomic E-state index is 12.4. The van der Waals surface area contributed by atoms with Crippen molar-refractivity contribution in [2.24, 2.45) is 0 Å². The van der Waals surface area contributed by atoms with Gasteiger partial charge >= 0.3 is 0 Å². The van der Waals surface area contributed by atoms with Crippen LogP contribution in [0.3, 0.4) is 0 Å². The summed E-state index contributed by atoms with van der Waals surface area (Å²) in [5, 5.41) is 3.09. The van der Waals surface area contributed by atoms with Crippen LogP contribution in [0.2, 0.25) is 0 Å². The summed E-state index contributed by atoms with van der Waals surface area (Å²) in [5.41, 5.74) is 2.29. The highest BCUT2D eigenvalue weighted by Gasteiger charge is 2.29. The molecule has 3 heteroatoms. The van der Waals surface area contributed by atoms with Gasteiger partial charge in [0.2, 0.25) is 0 Å². The molecule has 0 heterocycles. The Kier molecular flexibility index (Phi) is 3.43. The smallest absolute Gasteiger partial charge is 0.190 e. The Morgan fingerprint density at radius 1 is 1.11 bits per heavy atom. The van der Waals surface area contributed by atoms with E-state index >= 15 is 0 Å². The Morgan fingerprint density at radius 3 is 2.22 bits per heavy atom. The summed E-state index contributed by atoms with van der Waals surface area (Å²) in [5.74, 6) is -0.0340. The van der Waals surface area contributed by atoms with Crippen LogP contribution in [0.25, 0.3) is 0 Å². The van der Waals surface area contributed by atoms with Crippen LogP contribution in [0.15, 0.2) is 35.4 Å². The largest absolute Gasteiger partial charge is 0.317 e. The van der Waals surface area contributed by atoms with Gasteiger partial charge in [0.15, 0.2) is 11.6 Å². The van der Waals surface area contributed by atoms with Crippen LogP contribution in [0, 0.1) is 0 Å². The predicted molar refractivity (Wildman–Crippen MR) is 70.9 cm³/mol. The van der Waals surface area contributed by atoms with Crippen molar-refractivity contribution in [3.8, 4) is 0 Å². The summed E-state index contributed by atoms with van der Waals surface area (Å²) in [6, 6.07) is 7.21. The van der Waals surface area contributed by atoms with Crippen LogP contribution in [-0.2, 0) is 0 Å². The molecule has 0 spiro atoms. The molecule has 1 aromatic carbocycles. The van der Waals surface area contributed by atoms with Crippen LogP contribution >= 0.6 is 0 Å². The normalized spacial score (nSPS) is 16.8. The SMILES string of the molecule is CNC(C)CC1=C(C)C(=O)c2ccccc2C1=O. The molecule has 0 aromatic heterocycles. The zero-order valence-corrected chi connectivity index (χ0v) is 10.9. The van der Waals surface area contributed by atoms with Crippen molar-refractivity contribution in [1.29, 1.82) is 0 Å². The first-order valence-corrected chi connectivity index (χ1v) is 6.11. The molecular formula is C15H17NO2. The molecule has 0 radical (unpaired) electrons. The molecule has 0 amide bonds. The molecule has 1 aromatic rings. The summed E-state index contributed by atoms with van der Waals surface area (Å²) in [7, 11) is 1.85. The molecule has 0 saturated carbocycles. The molecule has 0 saturated heterocycles. The lowest BCUT2D eigenvalue weighted by Crippen LogP contribution is -2.27. The molecule has 0 aliphatic heterocycles. The predicted octanol–water partition coefficient (Wildman–Crippen LogP) is 2.38. The molecule has 0 bridgehead atoms. The van der Waals surface area contributed by atoms with Gasteiger partial charge in [-0.2, -0.15) is 0 Å². The number of rotatable bonds is 3. The van der Waals surface area contributed by atoms with Gasteiger partial charge in [0.05, 0.1) is 0 Å². The Bertz CT molecular complexity index is 543. The molecule has 1 aliphatic carbocycles. The fourth-order valence-electron chi connectivity index (χ4n) is 2.21. The van der Waals surface area contributed by atoms with E-state index in [4.69, 9.17) is 0 Å². The van der Waals surface area contributed by atoms with E-state index in [2.05, 4.69) is 5.32 Å². The number of carbonyl (C=O) groups is 2. The van der Waals surface area contributed by atoms with Gasteiger partial charge in [-0.3, -0.25) is 9.59 Å².